The first-order valence-corrected chi connectivity index (χ1v) is 21.2. The molecular formula is C10H7Cl3Zr. The Morgan fingerprint density at radius 1 is 0.714 bits per heavy atom. The minimum absolute atomic E-state index is 0.106. The number of hydrogen-bond donors (Lipinski definition) is 0. The molecule has 0 aromatic carbocycles. The summed E-state index contributed by atoms with van der Waals surface area (Å²) in [7, 11) is 0. The zero-order valence-corrected chi connectivity index (χ0v) is 11.9. The van der Waals surface area contributed by atoms with Crippen LogP contribution in [0.25, 0.3) is 0 Å². The van der Waals surface area contributed by atoms with Crippen molar-refractivity contribution in [3.8, 4) is 0 Å². The Morgan fingerprint density at radius 2 is 1.07 bits per heavy atom. The Labute approximate surface area is 78.4 Å². The molecule has 4 atom stereocenters. The van der Waals surface area contributed by atoms with Gasteiger partial charge >= 0.3 is 79.3 Å². The summed E-state index contributed by atoms with van der Waals surface area (Å²) in [4.78, 5) is 0. The molecular weight excluding hydrogens is 318 g/mol. The quantitative estimate of drug-likeness (QED) is 0.594. The van der Waals surface area contributed by atoms with Gasteiger partial charge in [-0.05, 0) is 0 Å². The molecule has 10 saturated heterocycles. The number of rotatable bonds is 0. The summed E-state index contributed by atoms with van der Waals surface area (Å²) in [5, 5.41) is 0. The first-order valence-electron chi connectivity index (χ1n) is 6.42. The van der Waals surface area contributed by atoms with Crippen molar-refractivity contribution in [3.05, 3.63) is 0 Å². The van der Waals surface area contributed by atoms with Crippen LogP contribution in [-0.2, 0) is 11.4 Å². The van der Waals surface area contributed by atoms with E-state index in [9.17, 15) is 0 Å². The number of alkyl halides is 3. The van der Waals surface area contributed by atoms with Crippen LogP contribution in [0.2, 0.25) is 25.4 Å². The zero-order valence-electron chi connectivity index (χ0n) is 7.18. The molecule has 10 aliphatic heterocycles. The third-order valence-electron chi connectivity index (χ3n) is 19.9. The van der Waals surface area contributed by atoms with Gasteiger partial charge in [0.25, 0.3) is 0 Å². The molecule has 72 valence electrons. The Kier molecular flexibility index (Phi) is 0.152. The summed E-state index contributed by atoms with van der Waals surface area (Å²) in [6.07, 6.45) is 0. The van der Waals surface area contributed by atoms with Crippen molar-refractivity contribution in [2.45, 2.75) is 33.1 Å². The van der Waals surface area contributed by atoms with Gasteiger partial charge in [0.05, 0.1) is 0 Å². The predicted molar refractivity (Wildman–Crippen MR) is 52.0 cm³/mol. The van der Waals surface area contributed by atoms with Crippen molar-refractivity contribution in [2.24, 2.45) is 0 Å². The minimum atomic E-state index is -4.01. The fourth-order valence-electron chi connectivity index (χ4n) is 23.3. The summed E-state index contributed by atoms with van der Waals surface area (Å²) in [6, 6.07) is 0. The van der Waals surface area contributed by atoms with Gasteiger partial charge in [-0.3, -0.25) is 0 Å². The standard InChI is InChI=1S/C5H2Cl3.C5H5.Zr/c6-3-1-2-4(7)5(3)8;1-2-4-5-3-1;/h1-2H;1-5H;. The van der Waals surface area contributed by atoms with Gasteiger partial charge in [0, 0.05) is 0 Å². The SMILES string of the molecule is Cl[C]12[CH]3[CH]4[C]5(Cl)[C]1(Cl)[Zr]34251678[CH]2[CH]1[CH]6[CH]7[CH]28. The van der Waals surface area contributed by atoms with Crippen molar-refractivity contribution in [2.75, 3.05) is 0 Å². The molecule has 10 aliphatic rings. The third kappa shape index (κ3) is 0.0380. The van der Waals surface area contributed by atoms with E-state index >= 15 is 0 Å². The summed E-state index contributed by atoms with van der Waals surface area (Å²) in [6.45, 7) is 0. The van der Waals surface area contributed by atoms with Crippen LogP contribution >= 0.6 is 34.8 Å². The van der Waals surface area contributed by atoms with Crippen molar-refractivity contribution >= 4 is 34.8 Å². The van der Waals surface area contributed by atoms with E-state index in [-0.39, 0.29) is 7.75 Å². The summed E-state index contributed by atoms with van der Waals surface area (Å²) in [5.41, 5.74) is 0. The van der Waals surface area contributed by atoms with Crippen LogP contribution in [0.4, 0.5) is 0 Å². The van der Waals surface area contributed by atoms with E-state index < -0.39 is 11.4 Å². The monoisotopic (exact) mass is 322 g/mol. The molecule has 10 rings (SSSR count). The van der Waals surface area contributed by atoms with Crippen molar-refractivity contribution in [3.63, 3.8) is 0 Å². The molecule has 0 bridgehead atoms. The molecule has 4 unspecified atom stereocenters. The number of hydrogen-bond acceptors (Lipinski definition) is 0. The average Bonchev–Trinajstić information content (AvgIpc) is 3.11. The van der Waals surface area contributed by atoms with E-state index in [1.165, 1.54) is 0 Å². The van der Waals surface area contributed by atoms with Crippen LogP contribution < -0.4 is 0 Å². The second-order valence-corrected chi connectivity index (χ2v) is 67.6. The summed E-state index contributed by atoms with van der Waals surface area (Å²) in [5.74, 6) is 0. The fourth-order valence-corrected chi connectivity index (χ4v) is 273. The first kappa shape index (κ1) is 5.60. The first-order chi connectivity index (χ1) is 6.33. The summed E-state index contributed by atoms with van der Waals surface area (Å²) < 4.78 is 8.25. The van der Waals surface area contributed by atoms with E-state index in [0.29, 0.717) is 0 Å². The van der Waals surface area contributed by atoms with Crippen LogP contribution in [0.1, 0.15) is 0 Å². The molecule has 0 aromatic heterocycles. The molecule has 4 heteroatoms. The normalized spacial score (nSPS) is 153. The molecule has 10 fully saturated rings. The van der Waals surface area contributed by atoms with Crippen LogP contribution in [-0.4, -0.2) is 7.75 Å². The predicted octanol–water partition coefficient (Wildman–Crippen LogP) is 3.82. The Hall–Kier alpha value is 1.75. The molecule has 0 N–H and O–H groups in total. The van der Waals surface area contributed by atoms with Crippen LogP contribution in [0, 0.1) is 0 Å². The van der Waals surface area contributed by atoms with Crippen LogP contribution in [0.3, 0.4) is 0 Å². The molecule has 0 amide bonds. The fraction of sp³-hybridized carbons (Fsp3) is 1.00. The molecule has 0 aliphatic carbocycles. The van der Waals surface area contributed by atoms with E-state index in [0.717, 1.165) is 25.4 Å². The Bertz CT molecular complexity index is 899. The van der Waals surface area contributed by atoms with E-state index in [1.54, 1.807) is 0 Å². The van der Waals surface area contributed by atoms with E-state index in [1.807, 2.05) is 0 Å². The maximum atomic E-state index is 7.12. The second-order valence-electron chi connectivity index (χ2n) is 12.6. The zero-order chi connectivity index (χ0) is 8.86. The van der Waals surface area contributed by atoms with Gasteiger partial charge in [-0.2, -0.15) is 0 Å². The van der Waals surface area contributed by atoms with Crippen LogP contribution in [0.15, 0.2) is 0 Å². The van der Waals surface area contributed by atoms with Crippen molar-refractivity contribution in [1.29, 1.82) is 0 Å². The van der Waals surface area contributed by atoms with E-state index in [2.05, 4.69) is 0 Å². The van der Waals surface area contributed by atoms with Crippen molar-refractivity contribution < 1.29 is 11.4 Å². The van der Waals surface area contributed by atoms with Gasteiger partial charge in [-0.1, -0.05) is 0 Å². The average molecular weight is 325 g/mol. The molecule has 1 spiro atoms. The van der Waals surface area contributed by atoms with E-state index in [4.69, 9.17) is 34.8 Å². The second kappa shape index (κ2) is 0.379. The summed E-state index contributed by atoms with van der Waals surface area (Å²) >= 11 is 17.3. The Balaban J connectivity index is 2.12. The van der Waals surface area contributed by atoms with Gasteiger partial charge in [0.15, 0.2) is 0 Å². The van der Waals surface area contributed by atoms with Crippen molar-refractivity contribution in [1.82, 2.24) is 0 Å². The van der Waals surface area contributed by atoms with Gasteiger partial charge in [-0.15, -0.1) is 0 Å². The van der Waals surface area contributed by atoms with Crippen LogP contribution in [0.5, 0.6) is 0 Å². The molecule has 0 radical (unpaired) electrons. The molecule has 0 saturated carbocycles. The molecule has 10 heterocycles. The topological polar surface area (TPSA) is 0 Å². The maximum absolute atomic E-state index is 7.12. The molecule has 0 aromatic rings. The molecule has 14 heavy (non-hydrogen) atoms. The Morgan fingerprint density at radius 3 is 1.07 bits per heavy atom. The third-order valence-corrected chi connectivity index (χ3v) is 133. The van der Waals surface area contributed by atoms with Gasteiger partial charge in [0.2, 0.25) is 0 Å². The molecule has 0 nitrogen and oxygen atoms in total. The number of halogens is 3. The van der Waals surface area contributed by atoms with Gasteiger partial charge in [0.1, 0.15) is 0 Å². The van der Waals surface area contributed by atoms with Gasteiger partial charge in [-0.25, -0.2) is 0 Å². The number of fused-ring (bicyclic) bond motifs is 10. The van der Waals surface area contributed by atoms with Gasteiger partial charge < -0.3 is 0 Å².